The van der Waals surface area contributed by atoms with Gasteiger partial charge in [0, 0.05) is 6.07 Å². The fourth-order valence-electron chi connectivity index (χ4n) is 2.58. The summed E-state index contributed by atoms with van der Waals surface area (Å²) in [5.74, 6) is -0.118. The minimum absolute atomic E-state index is 0.129. The smallest absolute Gasteiger partial charge is 0.292 e. The molecule has 0 aliphatic rings. The van der Waals surface area contributed by atoms with Gasteiger partial charge in [-0.25, -0.2) is 0 Å². The van der Waals surface area contributed by atoms with Crippen molar-refractivity contribution in [2.45, 2.75) is 0 Å². The molecule has 6 nitrogen and oxygen atoms in total. The summed E-state index contributed by atoms with van der Waals surface area (Å²) in [6, 6.07) is 15.2. The molecule has 25 heavy (non-hydrogen) atoms. The molecule has 3 rings (SSSR count). The number of hydrogen-bond acceptors (Lipinski definition) is 4. The molecule has 0 heterocycles. The van der Waals surface area contributed by atoms with E-state index >= 15 is 0 Å². The van der Waals surface area contributed by atoms with E-state index in [1.54, 1.807) is 18.2 Å². The lowest BCUT2D eigenvalue weighted by molar-refractivity contribution is -0.383. The fourth-order valence-corrected chi connectivity index (χ4v) is 3.32. The maximum absolute atomic E-state index is 12.7. The molecule has 0 atom stereocenters. The van der Waals surface area contributed by atoms with E-state index in [2.05, 4.69) is 21.2 Å². The second-order valence-electron chi connectivity index (χ2n) is 5.22. The molecule has 0 spiro atoms. The fraction of sp³-hybridized carbons (Fsp3) is 0.0556. The first kappa shape index (κ1) is 16.9. The number of rotatable bonds is 4. The van der Waals surface area contributed by atoms with Gasteiger partial charge < -0.3 is 10.1 Å². The van der Waals surface area contributed by atoms with Gasteiger partial charge in [0.15, 0.2) is 0 Å². The Balaban J connectivity index is 2.07. The van der Waals surface area contributed by atoms with E-state index in [9.17, 15) is 14.9 Å². The van der Waals surface area contributed by atoms with E-state index in [1.807, 2.05) is 24.3 Å². The molecule has 0 saturated carbocycles. The number of carbonyl (C=O) groups is 1. The van der Waals surface area contributed by atoms with Crippen molar-refractivity contribution < 1.29 is 14.5 Å². The second kappa shape index (κ2) is 6.90. The summed E-state index contributed by atoms with van der Waals surface area (Å²) in [5.41, 5.74) is 0.240. The van der Waals surface area contributed by atoms with E-state index in [4.69, 9.17) is 4.74 Å². The lowest BCUT2D eigenvalue weighted by Crippen LogP contribution is -2.14. The van der Waals surface area contributed by atoms with Crippen LogP contribution in [0.5, 0.6) is 5.75 Å². The van der Waals surface area contributed by atoms with Crippen LogP contribution in [0.1, 0.15) is 10.4 Å². The maximum atomic E-state index is 12.7. The Morgan fingerprint density at radius 3 is 2.56 bits per heavy atom. The summed E-state index contributed by atoms with van der Waals surface area (Å²) < 4.78 is 6.03. The largest absolute Gasteiger partial charge is 0.495 e. The quantitative estimate of drug-likeness (QED) is 0.504. The topological polar surface area (TPSA) is 81.5 Å². The Morgan fingerprint density at radius 1 is 1.16 bits per heavy atom. The average Bonchev–Trinajstić information content (AvgIpc) is 2.62. The zero-order valence-corrected chi connectivity index (χ0v) is 14.7. The standard InChI is InChI=1S/C18H13BrN2O4/c1-25-17-13(10-11-6-2-3-7-12(11)16(17)19)18(22)20-14-8-4-5-9-15(14)21(23)24/h2-10H,1H3,(H,20,22). The van der Waals surface area contributed by atoms with Crippen LogP contribution in [0.4, 0.5) is 11.4 Å². The Bertz CT molecular complexity index is 988. The molecular formula is C18H13BrN2O4. The zero-order chi connectivity index (χ0) is 18.0. The van der Waals surface area contributed by atoms with Gasteiger partial charge in [-0.05, 0) is 38.8 Å². The molecular weight excluding hydrogens is 388 g/mol. The first-order chi connectivity index (χ1) is 12.0. The molecule has 1 N–H and O–H groups in total. The number of nitro groups is 1. The highest BCUT2D eigenvalue weighted by Gasteiger charge is 2.21. The predicted octanol–water partition coefficient (Wildman–Crippen LogP) is 4.77. The molecule has 0 saturated heterocycles. The minimum Gasteiger partial charge on any atom is -0.495 e. The number of nitrogens with one attached hydrogen (secondary N) is 1. The van der Waals surface area contributed by atoms with Crippen LogP contribution in [0.25, 0.3) is 10.8 Å². The molecule has 3 aromatic carbocycles. The van der Waals surface area contributed by atoms with Crippen LogP contribution in [0.3, 0.4) is 0 Å². The molecule has 0 aromatic heterocycles. The zero-order valence-electron chi connectivity index (χ0n) is 13.2. The van der Waals surface area contributed by atoms with Crippen molar-refractivity contribution in [2.75, 3.05) is 12.4 Å². The molecule has 0 aliphatic carbocycles. The van der Waals surface area contributed by atoms with Crippen LogP contribution >= 0.6 is 15.9 Å². The van der Waals surface area contributed by atoms with Gasteiger partial charge in [0.25, 0.3) is 11.6 Å². The van der Waals surface area contributed by atoms with Gasteiger partial charge in [-0.15, -0.1) is 0 Å². The summed E-state index contributed by atoms with van der Waals surface area (Å²) in [6.45, 7) is 0. The van der Waals surface area contributed by atoms with Crippen molar-refractivity contribution in [2.24, 2.45) is 0 Å². The number of methoxy groups -OCH3 is 1. The van der Waals surface area contributed by atoms with Crippen molar-refractivity contribution in [1.29, 1.82) is 0 Å². The Kier molecular flexibility index (Phi) is 4.67. The third-order valence-corrected chi connectivity index (χ3v) is 4.53. The highest BCUT2D eigenvalue weighted by atomic mass is 79.9. The van der Waals surface area contributed by atoms with Crippen LogP contribution in [0.15, 0.2) is 59.1 Å². The van der Waals surface area contributed by atoms with Gasteiger partial charge in [-0.2, -0.15) is 0 Å². The van der Waals surface area contributed by atoms with Gasteiger partial charge in [-0.1, -0.05) is 36.4 Å². The Labute approximate surface area is 151 Å². The van der Waals surface area contributed by atoms with Gasteiger partial charge in [0.1, 0.15) is 11.4 Å². The maximum Gasteiger partial charge on any atom is 0.292 e. The van der Waals surface area contributed by atoms with Crippen molar-refractivity contribution >= 4 is 44.0 Å². The van der Waals surface area contributed by atoms with Gasteiger partial charge in [0.05, 0.1) is 22.1 Å². The SMILES string of the molecule is COc1c(C(=O)Nc2ccccc2[N+](=O)[O-])cc2ccccc2c1Br. The minimum atomic E-state index is -0.539. The lowest BCUT2D eigenvalue weighted by atomic mass is 10.0. The van der Waals surface area contributed by atoms with Crippen LogP contribution in [-0.4, -0.2) is 17.9 Å². The van der Waals surface area contributed by atoms with E-state index < -0.39 is 10.8 Å². The predicted molar refractivity (Wildman–Crippen MR) is 99.2 cm³/mol. The van der Waals surface area contributed by atoms with Crippen molar-refractivity contribution in [3.8, 4) is 5.75 Å². The molecule has 0 unspecified atom stereocenters. The number of benzene rings is 3. The van der Waals surface area contributed by atoms with E-state index in [-0.39, 0.29) is 16.9 Å². The molecule has 3 aromatic rings. The van der Waals surface area contributed by atoms with Gasteiger partial charge >= 0.3 is 0 Å². The van der Waals surface area contributed by atoms with Gasteiger partial charge in [-0.3, -0.25) is 14.9 Å². The summed E-state index contributed by atoms with van der Waals surface area (Å²) in [4.78, 5) is 23.3. The van der Waals surface area contributed by atoms with Crippen molar-refractivity contribution in [3.63, 3.8) is 0 Å². The third kappa shape index (κ3) is 3.18. The monoisotopic (exact) mass is 400 g/mol. The highest BCUT2D eigenvalue weighted by Crippen LogP contribution is 2.37. The summed E-state index contributed by atoms with van der Waals surface area (Å²) in [5, 5.41) is 15.5. The summed E-state index contributed by atoms with van der Waals surface area (Å²) >= 11 is 3.47. The molecule has 1 amide bonds. The Morgan fingerprint density at radius 2 is 1.84 bits per heavy atom. The normalized spacial score (nSPS) is 10.5. The second-order valence-corrected chi connectivity index (χ2v) is 6.01. The molecule has 0 bridgehead atoms. The van der Waals surface area contributed by atoms with Crippen LogP contribution in [0, 0.1) is 10.1 Å². The number of nitrogens with zero attached hydrogens (tertiary/aromatic N) is 1. The highest BCUT2D eigenvalue weighted by molar-refractivity contribution is 9.10. The number of carbonyl (C=O) groups excluding carboxylic acids is 1. The first-order valence-electron chi connectivity index (χ1n) is 7.33. The van der Waals surface area contributed by atoms with Crippen LogP contribution in [-0.2, 0) is 0 Å². The van der Waals surface area contributed by atoms with Crippen LogP contribution in [0.2, 0.25) is 0 Å². The van der Waals surface area contributed by atoms with Gasteiger partial charge in [0.2, 0.25) is 0 Å². The number of halogens is 1. The molecule has 0 radical (unpaired) electrons. The van der Waals surface area contributed by atoms with Crippen molar-refractivity contribution in [1.82, 2.24) is 0 Å². The number of para-hydroxylation sites is 2. The van der Waals surface area contributed by atoms with Crippen molar-refractivity contribution in [3.05, 3.63) is 74.7 Å². The summed E-state index contributed by atoms with van der Waals surface area (Å²) in [6.07, 6.45) is 0. The lowest BCUT2D eigenvalue weighted by Gasteiger charge is -2.13. The molecule has 126 valence electrons. The number of amides is 1. The number of hydrogen-bond donors (Lipinski definition) is 1. The van der Waals surface area contributed by atoms with Crippen LogP contribution < -0.4 is 10.1 Å². The molecule has 0 fully saturated rings. The van der Waals surface area contributed by atoms with E-state index in [1.165, 1.54) is 19.2 Å². The van der Waals surface area contributed by atoms with E-state index in [0.717, 1.165) is 10.8 Å². The number of ether oxygens (including phenoxy) is 1. The molecule has 0 aliphatic heterocycles. The summed E-state index contributed by atoms with van der Waals surface area (Å²) in [7, 11) is 1.47. The number of fused-ring (bicyclic) bond motifs is 1. The Hall–Kier alpha value is -2.93. The van der Waals surface area contributed by atoms with E-state index in [0.29, 0.717) is 10.2 Å². The number of anilines is 1. The average molecular weight is 401 g/mol. The number of nitro benzene ring substituents is 1. The third-order valence-electron chi connectivity index (χ3n) is 3.74. The first-order valence-corrected chi connectivity index (χ1v) is 8.12. The molecule has 7 heteroatoms.